The smallest absolute Gasteiger partial charge is 0.120 e. The third-order valence-corrected chi connectivity index (χ3v) is 7.72. The van der Waals surface area contributed by atoms with Gasteiger partial charge >= 0.3 is 0 Å². The van der Waals surface area contributed by atoms with Crippen molar-refractivity contribution in [1.29, 1.82) is 0 Å². The van der Waals surface area contributed by atoms with E-state index in [0.29, 0.717) is 0 Å². The van der Waals surface area contributed by atoms with Gasteiger partial charge in [-0.1, -0.05) is 92.9 Å². The van der Waals surface area contributed by atoms with Gasteiger partial charge in [-0.2, -0.15) is 0 Å². The van der Waals surface area contributed by atoms with E-state index < -0.39 is 0 Å². The minimum atomic E-state index is -0.106. The van der Waals surface area contributed by atoms with Crippen LogP contribution < -0.4 is 0 Å². The van der Waals surface area contributed by atoms with Crippen LogP contribution in [-0.2, 0) is 25.5 Å². The van der Waals surface area contributed by atoms with Crippen LogP contribution in [0.25, 0.3) is 44.5 Å². The van der Waals surface area contributed by atoms with Gasteiger partial charge < -0.3 is 14.4 Å². The molecule has 7 aromatic rings. The zero-order valence-electron chi connectivity index (χ0n) is 24.7. The third-order valence-electron chi connectivity index (χ3n) is 7.72. The minimum Gasteiger partial charge on any atom is -0.500 e. The van der Waals surface area contributed by atoms with Gasteiger partial charge in [0.15, 0.2) is 0 Å². The Morgan fingerprint density at radius 2 is 1.35 bits per heavy atom. The van der Waals surface area contributed by atoms with E-state index in [9.17, 15) is 0 Å². The van der Waals surface area contributed by atoms with Crippen molar-refractivity contribution < 1.29 is 24.5 Å². The molecular weight excluding hydrogens is 705 g/mol. The molecule has 0 bridgehead atoms. The first-order chi connectivity index (χ1) is 20.4. The fourth-order valence-electron chi connectivity index (χ4n) is 5.09. The second-order valence-electron chi connectivity index (χ2n) is 11.1. The molecule has 1 radical (unpaired) electrons. The molecule has 215 valence electrons. The van der Waals surface area contributed by atoms with Gasteiger partial charge in [-0.25, -0.2) is 0 Å². The van der Waals surface area contributed by atoms with Gasteiger partial charge in [-0.05, 0) is 47.1 Å². The molecule has 3 heterocycles. The third kappa shape index (κ3) is 6.51. The monoisotopic (exact) mass is 737 g/mol. The molecule has 0 N–H and O–H groups in total. The first-order valence-electron chi connectivity index (χ1n) is 14.2. The topological polar surface area (TPSA) is 38.9 Å². The normalized spacial score (nSPS) is 11.1. The molecule has 0 atom stereocenters. The number of aryl methyl sites for hydroxylation is 2. The Bertz CT molecular complexity index is 1910. The number of pyridine rings is 2. The van der Waals surface area contributed by atoms with Gasteiger partial charge in [0.25, 0.3) is 0 Å². The van der Waals surface area contributed by atoms with Crippen LogP contribution >= 0.6 is 0 Å². The molecule has 0 fully saturated rings. The summed E-state index contributed by atoms with van der Waals surface area (Å²) in [5.41, 5.74) is 10.5. The Balaban J connectivity index is 0.000000208. The molecule has 0 aliphatic carbocycles. The van der Waals surface area contributed by atoms with E-state index >= 15 is 0 Å². The second-order valence-corrected chi connectivity index (χ2v) is 11.1. The number of rotatable bonds is 4. The molecule has 3 aromatic heterocycles. The van der Waals surface area contributed by atoms with Crippen LogP contribution in [-0.4, -0.2) is 9.97 Å². The van der Waals surface area contributed by atoms with Gasteiger partial charge in [0.05, 0.1) is 5.58 Å². The van der Waals surface area contributed by atoms with E-state index in [1.807, 2.05) is 61.8 Å². The van der Waals surface area contributed by atoms with Gasteiger partial charge in [0, 0.05) is 43.3 Å². The number of hydrogen-bond acceptors (Lipinski definition) is 3. The summed E-state index contributed by atoms with van der Waals surface area (Å²) in [4.78, 5) is 8.97. The fourth-order valence-corrected chi connectivity index (χ4v) is 5.09. The summed E-state index contributed by atoms with van der Waals surface area (Å²) in [6, 6.07) is 43.8. The van der Waals surface area contributed by atoms with Crippen LogP contribution in [0.5, 0.6) is 0 Å². The molecule has 0 saturated heterocycles. The SMILES string of the molecule is CC(C)(c1ccccc1)c1ccnc(-c2[c-]cc3oc4ccccc4c3c2)c1.Cc1c[c-]c(-c2ccc(C)cn2)cc1.[Ir]. The molecule has 0 unspecified atom stereocenters. The van der Waals surface area contributed by atoms with Crippen LogP contribution in [0.2, 0.25) is 0 Å². The van der Waals surface area contributed by atoms with Crippen LogP contribution in [0.4, 0.5) is 0 Å². The van der Waals surface area contributed by atoms with Gasteiger partial charge in [-0.15, -0.1) is 59.2 Å². The molecule has 0 spiro atoms. The van der Waals surface area contributed by atoms with Crippen molar-refractivity contribution in [3.8, 4) is 22.5 Å². The summed E-state index contributed by atoms with van der Waals surface area (Å²) in [5.74, 6) is 0. The van der Waals surface area contributed by atoms with Crippen molar-refractivity contribution in [2.24, 2.45) is 0 Å². The Morgan fingerprint density at radius 3 is 2.09 bits per heavy atom. The van der Waals surface area contributed by atoms with Crippen LogP contribution in [0.1, 0.15) is 36.1 Å². The summed E-state index contributed by atoms with van der Waals surface area (Å²) in [5, 5.41) is 2.22. The Kier molecular flexibility index (Phi) is 9.01. The Morgan fingerprint density at radius 1 is 0.605 bits per heavy atom. The summed E-state index contributed by atoms with van der Waals surface area (Å²) in [6.45, 7) is 8.59. The van der Waals surface area contributed by atoms with Crippen LogP contribution in [0.15, 0.2) is 126 Å². The molecule has 0 aliphatic heterocycles. The first kappa shape index (κ1) is 30.1. The number of furan rings is 1. The molecule has 0 aliphatic rings. The van der Waals surface area contributed by atoms with E-state index in [1.165, 1.54) is 22.3 Å². The van der Waals surface area contributed by atoms with Crippen molar-refractivity contribution in [2.75, 3.05) is 0 Å². The van der Waals surface area contributed by atoms with Crippen molar-refractivity contribution in [3.05, 3.63) is 156 Å². The van der Waals surface area contributed by atoms with Crippen molar-refractivity contribution in [1.82, 2.24) is 9.97 Å². The number of fused-ring (bicyclic) bond motifs is 3. The predicted octanol–water partition coefficient (Wildman–Crippen LogP) is 9.94. The van der Waals surface area contributed by atoms with E-state index in [1.54, 1.807) is 0 Å². The molecule has 4 aromatic carbocycles. The number of aromatic nitrogens is 2. The van der Waals surface area contributed by atoms with E-state index in [0.717, 1.165) is 44.5 Å². The van der Waals surface area contributed by atoms with Gasteiger partial charge in [0.2, 0.25) is 0 Å². The molecule has 0 amide bonds. The average molecular weight is 737 g/mol. The van der Waals surface area contributed by atoms with E-state index in [-0.39, 0.29) is 25.5 Å². The zero-order valence-corrected chi connectivity index (χ0v) is 27.1. The second kappa shape index (κ2) is 12.9. The number of nitrogens with zero attached hydrogens (tertiary/aromatic N) is 2. The standard InChI is InChI=1S/C26H20NO.C13H12N.Ir/c1-26(2,19-8-4-3-5-9-19)20-14-15-27-23(17-20)18-12-13-25-22(16-18)21-10-6-7-11-24(21)28-25;1-10-3-6-12(7-4-10)13-8-5-11(2)9-14-13;/h3-11,13-17H,1-2H3;3-6,8-9H,1-2H3;/q2*-1;. The molecular formula is C39H32IrN2O-2. The quantitative estimate of drug-likeness (QED) is 0.169. The number of benzene rings is 4. The zero-order chi connectivity index (χ0) is 29.1. The molecule has 43 heavy (non-hydrogen) atoms. The maximum atomic E-state index is 5.93. The van der Waals surface area contributed by atoms with Crippen LogP contribution in [0, 0.1) is 26.0 Å². The summed E-state index contributed by atoms with van der Waals surface area (Å²) in [7, 11) is 0. The number of hydrogen-bond donors (Lipinski definition) is 0. The fraction of sp³-hybridized carbons (Fsp3) is 0.128. The van der Waals surface area contributed by atoms with Gasteiger partial charge in [-0.3, -0.25) is 0 Å². The average Bonchev–Trinajstić information content (AvgIpc) is 3.41. The maximum Gasteiger partial charge on any atom is 0.120 e. The Hall–Kier alpha value is -4.37. The molecule has 0 saturated carbocycles. The van der Waals surface area contributed by atoms with Crippen molar-refractivity contribution >= 4 is 21.9 Å². The van der Waals surface area contributed by atoms with Crippen LogP contribution in [0.3, 0.4) is 0 Å². The molecule has 3 nitrogen and oxygen atoms in total. The van der Waals surface area contributed by atoms with Crippen molar-refractivity contribution in [2.45, 2.75) is 33.1 Å². The molecule has 4 heteroatoms. The number of para-hydroxylation sites is 1. The largest absolute Gasteiger partial charge is 0.500 e. The summed E-state index contributed by atoms with van der Waals surface area (Å²) < 4.78 is 5.93. The van der Waals surface area contributed by atoms with E-state index in [4.69, 9.17) is 4.42 Å². The maximum absolute atomic E-state index is 5.93. The predicted molar refractivity (Wildman–Crippen MR) is 172 cm³/mol. The first-order valence-corrected chi connectivity index (χ1v) is 14.2. The van der Waals surface area contributed by atoms with Gasteiger partial charge in [0.1, 0.15) is 5.58 Å². The summed E-state index contributed by atoms with van der Waals surface area (Å²) >= 11 is 0. The summed E-state index contributed by atoms with van der Waals surface area (Å²) in [6.07, 6.45) is 3.77. The Labute approximate surface area is 267 Å². The minimum absolute atomic E-state index is 0. The molecule has 7 rings (SSSR count). The van der Waals surface area contributed by atoms with Crippen molar-refractivity contribution in [3.63, 3.8) is 0 Å². The van der Waals surface area contributed by atoms with E-state index in [2.05, 4.69) is 110 Å².